The van der Waals surface area contributed by atoms with Gasteiger partial charge in [0.05, 0.1) is 26.4 Å². The van der Waals surface area contributed by atoms with Gasteiger partial charge in [-0.1, -0.05) is 0 Å². The van der Waals surface area contributed by atoms with E-state index >= 15 is 0 Å². The molecule has 0 aromatic carbocycles. The van der Waals surface area contributed by atoms with E-state index in [9.17, 15) is 0 Å². The number of rotatable bonds is 3. The maximum atomic E-state index is 5.47. The summed E-state index contributed by atoms with van der Waals surface area (Å²) < 4.78 is 21.6. The van der Waals surface area contributed by atoms with E-state index in [2.05, 4.69) is 0 Å². The molecule has 2 fully saturated rings. The van der Waals surface area contributed by atoms with E-state index in [4.69, 9.17) is 18.9 Å². The molecule has 2 saturated heterocycles. The number of hydrogen-bond donors (Lipinski definition) is 0. The summed E-state index contributed by atoms with van der Waals surface area (Å²) in [5, 5.41) is 0. The average Bonchev–Trinajstić information content (AvgIpc) is 2.72. The van der Waals surface area contributed by atoms with Crippen LogP contribution in [0.5, 0.6) is 0 Å². The third-order valence-corrected chi connectivity index (χ3v) is 2.42. The lowest BCUT2D eigenvalue weighted by molar-refractivity contribution is -0.160. The summed E-state index contributed by atoms with van der Waals surface area (Å²) in [6.07, 6.45) is 1.62. The van der Waals surface area contributed by atoms with Crippen molar-refractivity contribution in [2.75, 3.05) is 26.4 Å². The molecule has 2 heterocycles. The molecular weight excluding hydrogens is 172 g/mol. The molecule has 0 unspecified atom stereocenters. The first-order valence-electron chi connectivity index (χ1n) is 4.80. The topological polar surface area (TPSA) is 36.9 Å². The van der Waals surface area contributed by atoms with Crippen LogP contribution in [0.25, 0.3) is 0 Å². The lowest BCUT2D eigenvalue weighted by Crippen LogP contribution is -2.27. The Bertz CT molecular complexity index is 159. The van der Waals surface area contributed by atoms with Gasteiger partial charge in [-0.15, -0.1) is 0 Å². The van der Waals surface area contributed by atoms with Gasteiger partial charge in [0, 0.05) is 12.8 Å². The van der Waals surface area contributed by atoms with Gasteiger partial charge < -0.3 is 18.9 Å². The fourth-order valence-electron chi connectivity index (χ4n) is 1.66. The van der Waals surface area contributed by atoms with Gasteiger partial charge in [0.2, 0.25) is 0 Å². The molecule has 13 heavy (non-hydrogen) atoms. The first-order valence-corrected chi connectivity index (χ1v) is 4.80. The fraction of sp³-hybridized carbons (Fsp3) is 1.00. The van der Waals surface area contributed by atoms with Gasteiger partial charge in [-0.3, -0.25) is 0 Å². The minimum absolute atomic E-state index is 0.0513. The predicted octanol–water partition coefficient (Wildman–Crippen LogP) is 0.903. The van der Waals surface area contributed by atoms with Crippen LogP contribution in [0.2, 0.25) is 0 Å². The van der Waals surface area contributed by atoms with Gasteiger partial charge in [0.25, 0.3) is 0 Å². The zero-order chi connectivity index (χ0) is 9.15. The second kappa shape index (κ2) is 3.92. The first kappa shape index (κ1) is 9.40. The normalized spacial score (nSPS) is 28.4. The molecule has 0 aromatic rings. The second-order valence-corrected chi connectivity index (χ2v) is 3.54. The Morgan fingerprint density at radius 3 is 2.31 bits per heavy atom. The summed E-state index contributed by atoms with van der Waals surface area (Å²) in [4.78, 5) is 0. The summed E-state index contributed by atoms with van der Waals surface area (Å²) in [5.41, 5.74) is 0. The van der Waals surface area contributed by atoms with E-state index in [0.29, 0.717) is 26.4 Å². The minimum atomic E-state index is -0.407. The maximum Gasteiger partial charge on any atom is 0.165 e. The van der Waals surface area contributed by atoms with Crippen molar-refractivity contribution in [1.29, 1.82) is 0 Å². The van der Waals surface area contributed by atoms with Crippen LogP contribution in [0.15, 0.2) is 0 Å². The zero-order valence-corrected chi connectivity index (χ0v) is 7.95. The quantitative estimate of drug-likeness (QED) is 0.659. The molecule has 0 aliphatic carbocycles. The highest BCUT2D eigenvalue weighted by Crippen LogP contribution is 2.26. The highest BCUT2D eigenvalue weighted by molar-refractivity contribution is 4.69. The maximum absolute atomic E-state index is 5.47. The molecule has 0 bridgehead atoms. The van der Waals surface area contributed by atoms with Crippen LogP contribution >= 0.6 is 0 Å². The summed E-state index contributed by atoms with van der Waals surface area (Å²) in [6, 6.07) is 0. The summed E-state index contributed by atoms with van der Waals surface area (Å²) >= 11 is 0. The molecule has 2 rings (SSSR count). The minimum Gasteiger partial charge on any atom is -0.350 e. The van der Waals surface area contributed by atoms with Crippen molar-refractivity contribution in [3.05, 3.63) is 0 Å². The van der Waals surface area contributed by atoms with Crippen molar-refractivity contribution < 1.29 is 18.9 Å². The van der Waals surface area contributed by atoms with Crippen LogP contribution in [-0.2, 0) is 18.9 Å². The molecule has 4 heteroatoms. The summed E-state index contributed by atoms with van der Waals surface area (Å²) in [6.45, 7) is 4.78. The van der Waals surface area contributed by atoms with Crippen molar-refractivity contribution in [2.45, 2.75) is 31.8 Å². The van der Waals surface area contributed by atoms with Gasteiger partial charge >= 0.3 is 0 Å². The van der Waals surface area contributed by atoms with Gasteiger partial charge in [-0.2, -0.15) is 0 Å². The first-order chi connectivity index (χ1) is 6.29. The Balaban J connectivity index is 1.71. The molecule has 0 radical (unpaired) electrons. The van der Waals surface area contributed by atoms with Crippen molar-refractivity contribution in [2.24, 2.45) is 0 Å². The molecule has 0 N–H and O–H groups in total. The second-order valence-electron chi connectivity index (χ2n) is 3.54. The average molecular weight is 188 g/mol. The highest BCUT2D eigenvalue weighted by atomic mass is 16.7. The molecular formula is C9H16O4. The van der Waals surface area contributed by atoms with Crippen LogP contribution in [0.1, 0.15) is 19.8 Å². The van der Waals surface area contributed by atoms with E-state index in [0.717, 1.165) is 12.8 Å². The Labute approximate surface area is 78.1 Å². The van der Waals surface area contributed by atoms with E-state index in [-0.39, 0.29) is 6.29 Å². The Hall–Kier alpha value is -0.160. The van der Waals surface area contributed by atoms with Crippen molar-refractivity contribution in [3.63, 3.8) is 0 Å². The molecule has 2 aliphatic rings. The fourth-order valence-corrected chi connectivity index (χ4v) is 1.66. The Kier molecular flexibility index (Phi) is 2.83. The van der Waals surface area contributed by atoms with Crippen LogP contribution in [-0.4, -0.2) is 38.5 Å². The number of ether oxygens (including phenoxy) is 4. The highest BCUT2D eigenvalue weighted by Gasteiger charge is 2.32. The van der Waals surface area contributed by atoms with Crippen LogP contribution in [0, 0.1) is 0 Å². The summed E-state index contributed by atoms with van der Waals surface area (Å²) in [5.74, 6) is -0.407. The lowest BCUT2D eigenvalue weighted by Gasteiger charge is -2.23. The Morgan fingerprint density at radius 1 is 1.08 bits per heavy atom. The van der Waals surface area contributed by atoms with Crippen LogP contribution < -0.4 is 0 Å². The molecule has 0 spiro atoms. The van der Waals surface area contributed by atoms with Crippen LogP contribution in [0.4, 0.5) is 0 Å². The van der Waals surface area contributed by atoms with E-state index in [1.54, 1.807) is 0 Å². The van der Waals surface area contributed by atoms with Gasteiger partial charge in [0.15, 0.2) is 12.1 Å². The third-order valence-electron chi connectivity index (χ3n) is 2.42. The molecule has 2 aliphatic heterocycles. The SMILES string of the molecule is CC1(CCC2OCCO2)OCCO1. The smallest absolute Gasteiger partial charge is 0.165 e. The molecule has 0 saturated carbocycles. The van der Waals surface area contributed by atoms with Gasteiger partial charge in [-0.05, 0) is 6.92 Å². The summed E-state index contributed by atoms with van der Waals surface area (Å²) in [7, 11) is 0. The molecule has 0 amide bonds. The lowest BCUT2D eigenvalue weighted by atomic mass is 10.1. The molecule has 76 valence electrons. The Morgan fingerprint density at radius 2 is 1.69 bits per heavy atom. The number of hydrogen-bond acceptors (Lipinski definition) is 4. The third kappa shape index (κ3) is 2.40. The standard InChI is InChI=1S/C9H16O4/c1-9(12-6-7-13-9)3-2-8-10-4-5-11-8/h8H,2-7H2,1H3. The van der Waals surface area contributed by atoms with E-state index < -0.39 is 5.79 Å². The molecule has 0 atom stereocenters. The van der Waals surface area contributed by atoms with Crippen molar-refractivity contribution in [1.82, 2.24) is 0 Å². The zero-order valence-electron chi connectivity index (χ0n) is 7.95. The van der Waals surface area contributed by atoms with Gasteiger partial charge in [-0.25, -0.2) is 0 Å². The van der Waals surface area contributed by atoms with Crippen LogP contribution in [0.3, 0.4) is 0 Å². The monoisotopic (exact) mass is 188 g/mol. The van der Waals surface area contributed by atoms with E-state index in [1.165, 1.54) is 0 Å². The van der Waals surface area contributed by atoms with Crippen molar-refractivity contribution in [3.8, 4) is 0 Å². The molecule has 0 aromatic heterocycles. The van der Waals surface area contributed by atoms with E-state index in [1.807, 2.05) is 6.92 Å². The van der Waals surface area contributed by atoms with Gasteiger partial charge in [0.1, 0.15) is 0 Å². The largest absolute Gasteiger partial charge is 0.350 e. The van der Waals surface area contributed by atoms with Crippen molar-refractivity contribution >= 4 is 0 Å². The molecule has 4 nitrogen and oxygen atoms in total. The predicted molar refractivity (Wildman–Crippen MR) is 45.2 cm³/mol.